The number of nitrogens with zero attached hydrogens (tertiary/aromatic N) is 2. The normalized spacial score (nSPS) is 19.0. The van der Waals surface area contributed by atoms with Crippen LogP contribution in [0.25, 0.3) is 0 Å². The Morgan fingerprint density at radius 2 is 1.76 bits per heavy atom. The topological polar surface area (TPSA) is 60.9 Å². The number of hydrogen-bond acceptors (Lipinski definition) is 4. The second-order valence-electron chi connectivity index (χ2n) is 7.73. The van der Waals surface area contributed by atoms with Crippen LogP contribution in [0.2, 0.25) is 0 Å². The number of halogens is 1. The van der Waals surface area contributed by atoms with Gasteiger partial charge in [0.2, 0.25) is 0 Å². The molecule has 6 heteroatoms. The summed E-state index contributed by atoms with van der Waals surface area (Å²) in [5, 5.41) is 9.29. The first kappa shape index (κ1) is 21.3. The summed E-state index contributed by atoms with van der Waals surface area (Å²) in [6, 6.07) is 16.0. The Labute approximate surface area is 177 Å². The average Bonchev–Trinajstić information content (AvgIpc) is 2.83. The van der Waals surface area contributed by atoms with Crippen LogP contribution in [0.15, 0.2) is 48.5 Å². The van der Waals surface area contributed by atoms with Crippen LogP contribution in [-0.2, 0) is 11.2 Å². The summed E-state index contributed by atoms with van der Waals surface area (Å²) in [6.07, 6.45) is 3.07. The third-order valence-corrected chi connectivity index (χ3v) is 5.84. The molecule has 1 N–H and O–H groups in total. The molecule has 0 unspecified atom stereocenters. The maximum atomic E-state index is 12.7. The van der Waals surface area contributed by atoms with Gasteiger partial charge in [0.05, 0.1) is 11.6 Å². The zero-order valence-electron chi connectivity index (χ0n) is 16.4. The SMILES string of the molecule is Cl.O=C1Cc2ccccc2N(CCCN2CCC[C@@H](C(=O)O)C2)c2ccccc21. The highest BCUT2D eigenvalue weighted by Gasteiger charge is 2.27. The van der Waals surface area contributed by atoms with E-state index in [1.54, 1.807) is 0 Å². The Balaban J connectivity index is 0.00000240. The van der Waals surface area contributed by atoms with Gasteiger partial charge in [-0.3, -0.25) is 9.59 Å². The number of benzene rings is 2. The number of piperidine rings is 1. The fraction of sp³-hybridized carbons (Fsp3) is 0.391. The van der Waals surface area contributed by atoms with Gasteiger partial charge in [0, 0.05) is 30.8 Å². The van der Waals surface area contributed by atoms with E-state index in [9.17, 15) is 14.7 Å². The van der Waals surface area contributed by atoms with Gasteiger partial charge < -0.3 is 14.9 Å². The van der Waals surface area contributed by atoms with Crippen molar-refractivity contribution < 1.29 is 14.7 Å². The summed E-state index contributed by atoms with van der Waals surface area (Å²) in [5.74, 6) is -0.768. The molecule has 0 spiro atoms. The van der Waals surface area contributed by atoms with Gasteiger partial charge in [0.1, 0.15) is 0 Å². The minimum atomic E-state index is -0.682. The van der Waals surface area contributed by atoms with Crippen LogP contribution in [0.5, 0.6) is 0 Å². The minimum absolute atomic E-state index is 0. The van der Waals surface area contributed by atoms with Crippen LogP contribution in [0.1, 0.15) is 35.2 Å². The molecule has 0 radical (unpaired) electrons. The van der Waals surface area contributed by atoms with Gasteiger partial charge >= 0.3 is 5.97 Å². The zero-order chi connectivity index (χ0) is 19.5. The van der Waals surface area contributed by atoms with Crippen LogP contribution in [0.4, 0.5) is 11.4 Å². The van der Waals surface area contributed by atoms with Crippen molar-refractivity contribution in [1.29, 1.82) is 0 Å². The number of rotatable bonds is 5. The highest BCUT2D eigenvalue weighted by atomic mass is 35.5. The summed E-state index contributed by atoms with van der Waals surface area (Å²) in [6.45, 7) is 3.28. The van der Waals surface area contributed by atoms with Crippen LogP contribution in [0.3, 0.4) is 0 Å². The molecule has 2 aliphatic heterocycles. The molecule has 1 fully saturated rings. The number of carbonyl (C=O) groups is 2. The largest absolute Gasteiger partial charge is 0.481 e. The first-order valence-electron chi connectivity index (χ1n) is 10.1. The molecule has 0 aliphatic carbocycles. The lowest BCUT2D eigenvalue weighted by atomic mass is 9.98. The standard InChI is InChI=1S/C23H26N2O3.ClH/c26-22-15-17-7-1-3-10-20(17)25(21-11-4-2-9-19(21)22)14-6-13-24-12-5-8-18(16-24)23(27)28;/h1-4,7,9-11,18H,5-6,8,12-16H2,(H,27,28);1H/t18-;/m1./s1. The molecule has 29 heavy (non-hydrogen) atoms. The molecule has 1 atom stereocenters. The fourth-order valence-corrected chi connectivity index (χ4v) is 4.42. The van der Waals surface area contributed by atoms with Crippen molar-refractivity contribution in [3.63, 3.8) is 0 Å². The predicted molar refractivity (Wildman–Crippen MR) is 117 cm³/mol. The first-order valence-corrected chi connectivity index (χ1v) is 10.1. The Morgan fingerprint density at radius 3 is 2.55 bits per heavy atom. The van der Waals surface area contributed by atoms with Crippen LogP contribution >= 0.6 is 12.4 Å². The van der Waals surface area contributed by atoms with Crippen molar-refractivity contribution >= 4 is 35.5 Å². The Morgan fingerprint density at radius 1 is 1.03 bits per heavy atom. The molecular weight excluding hydrogens is 388 g/mol. The van der Waals surface area contributed by atoms with Crippen molar-refractivity contribution in [2.75, 3.05) is 31.1 Å². The highest BCUT2D eigenvalue weighted by Crippen LogP contribution is 2.35. The summed E-state index contributed by atoms with van der Waals surface area (Å²) < 4.78 is 0. The smallest absolute Gasteiger partial charge is 0.307 e. The van der Waals surface area contributed by atoms with E-state index < -0.39 is 5.97 Å². The molecule has 5 nitrogen and oxygen atoms in total. The van der Waals surface area contributed by atoms with Crippen molar-refractivity contribution in [2.45, 2.75) is 25.7 Å². The number of carbonyl (C=O) groups excluding carboxylic acids is 1. The molecule has 0 amide bonds. The number of likely N-dealkylation sites (tertiary alicyclic amines) is 1. The lowest BCUT2D eigenvalue weighted by molar-refractivity contribution is -0.143. The summed E-state index contributed by atoms with van der Waals surface area (Å²) in [7, 11) is 0. The minimum Gasteiger partial charge on any atom is -0.481 e. The second kappa shape index (κ2) is 9.42. The summed E-state index contributed by atoms with van der Waals surface area (Å²) in [4.78, 5) is 28.6. The maximum absolute atomic E-state index is 12.7. The molecule has 2 aromatic carbocycles. The number of Topliss-reactive ketones (excluding diaryl/α,β-unsaturated/α-hetero) is 1. The Hall–Kier alpha value is -2.37. The van der Waals surface area contributed by atoms with Crippen molar-refractivity contribution in [3.05, 3.63) is 59.7 Å². The van der Waals surface area contributed by atoms with Gasteiger partial charge in [0.15, 0.2) is 5.78 Å². The Kier molecular flexibility index (Phi) is 6.93. The van der Waals surface area contributed by atoms with Gasteiger partial charge in [-0.15, -0.1) is 12.4 Å². The number of carboxylic acids is 1. The first-order chi connectivity index (χ1) is 13.6. The van der Waals surface area contributed by atoms with Gasteiger partial charge in [-0.2, -0.15) is 0 Å². The number of ketones is 1. The third-order valence-electron chi connectivity index (χ3n) is 5.84. The Bertz CT molecular complexity index is 886. The van der Waals surface area contributed by atoms with E-state index in [0.29, 0.717) is 13.0 Å². The molecule has 0 saturated carbocycles. The number of anilines is 2. The zero-order valence-corrected chi connectivity index (χ0v) is 17.2. The number of fused-ring (bicyclic) bond motifs is 2. The monoisotopic (exact) mass is 414 g/mol. The van der Waals surface area contributed by atoms with Crippen molar-refractivity contribution in [1.82, 2.24) is 4.90 Å². The molecule has 4 rings (SSSR count). The molecule has 154 valence electrons. The molecule has 2 heterocycles. The van der Waals surface area contributed by atoms with E-state index in [1.165, 1.54) is 0 Å². The van der Waals surface area contributed by atoms with Gasteiger partial charge in [-0.25, -0.2) is 0 Å². The molecular formula is C23H27ClN2O3. The van der Waals surface area contributed by atoms with E-state index in [0.717, 1.165) is 61.4 Å². The third kappa shape index (κ3) is 4.62. The lowest BCUT2D eigenvalue weighted by Gasteiger charge is -2.32. The van der Waals surface area contributed by atoms with Gasteiger partial charge in [-0.05, 0) is 56.1 Å². The van der Waals surface area contributed by atoms with Crippen LogP contribution in [0, 0.1) is 5.92 Å². The van der Waals surface area contributed by atoms with E-state index >= 15 is 0 Å². The van der Waals surface area contributed by atoms with Gasteiger partial charge in [-0.1, -0.05) is 30.3 Å². The summed E-state index contributed by atoms with van der Waals surface area (Å²) >= 11 is 0. The van der Waals surface area contributed by atoms with Crippen LogP contribution < -0.4 is 4.90 Å². The molecule has 1 saturated heterocycles. The lowest BCUT2D eigenvalue weighted by Crippen LogP contribution is -2.39. The quantitative estimate of drug-likeness (QED) is 0.795. The van der Waals surface area contributed by atoms with Crippen LogP contribution in [-0.4, -0.2) is 47.9 Å². The number of hydrogen-bond donors (Lipinski definition) is 1. The van der Waals surface area contributed by atoms with Gasteiger partial charge in [0.25, 0.3) is 0 Å². The fourth-order valence-electron chi connectivity index (χ4n) is 4.42. The molecule has 2 aliphatic rings. The number of aliphatic carboxylic acids is 1. The van der Waals surface area contributed by atoms with Crippen molar-refractivity contribution in [2.24, 2.45) is 5.92 Å². The van der Waals surface area contributed by atoms with E-state index in [2.05, 4.69) is 15.9 Å². The van der Waals surface area contributed by atoms with E-state index in [1.807, 2.05) is 42.5 Å². The molecule has 2 aromatic rings. The second-order valence-corrected chi connectivity index (χ2v) is 7.73. The number of para-hydroxylation sites is 2. The van der Waals surface area contributed by atoms with Crippen molar-refractivity contribution in [3.8, 4) is 0 Å². The maximum Gasteiger partial charge on any atom is 0.307 e. The highest BCUT2D eigenvalue weighted by molar-refractivity contribution is 6.05. The van der Waals surface area contributed by atoms with E-state index in [4.69, 9.17) is 0 Å². The van der Waals surface area contributed by atoms with E-state index in [-0.39, 0.29) is 24.1 Å². The average molecular weight is 415 g/mol. The number of carboxylic acid groups (broad SMARTS) is 1. The molecule has 0 bridgehead atoms. The predicted octanol–water partition coefficient (Wildman–Crippen LogP) is 4.17. The molecule has 0 aromatic heterocycles. The summed E-state index contributed by atoms with van der Waals surface area (Å²) in [5.41, 5.74) is 3.91.